The number of benzene rings is 2. The molecule has 0 aromatic heterocycles. The summed E-state index contributed by atoms with van der Waals surface area (Å²) in [5.41, 5.74) is 3.38. The smallest absolute Gasteiger partial charge is 0.238 e. The summed E-state index contributed by atoms with van der Waals surface area (Å²) in [4.78, 5) is 12.0. The van der Waals surface area contributed by atoms with E-state index in [0.29, 0.717) is 19.8 Å². The monoisotopic (exact) mass is 342 g/mol. The van der Waals surface area contributed by atoms with E-state index in [1.54, 1.807) is 11.8 Å². The Labute approximate surface area is 147 Å². The van der Waals surface area contributed by atoms with Crippen molar-refractivity contribution in [2.75, 3.05) is 11.6 Å². The van der Waals surface area contributed by atoms with Crippen molar-refractivity contribution in [2.45, 2.75) is 25.8 Å². The Kier molecular flexibility index (Phi) is 6.29. The molecule has 1 atom stereocenters. The molecular formula is C19H22N2O2S. The fourth-order valence-electron chi connectivity index (χ4n) is 2.57. The van der Waals surface area contributed by atoms with Crippen LogP contribution in [0.25, 0.3) is 0 Å². The van der Waals surface area contributed by atoms with E-state index < -0.39 is 0 Å². The number of rotatable bonds is 7. The van der Waals surface area contributed by atoms with Gasteiger partial charge >= 0.3 is 0 Å². The second kappa shape index (κ2) is 8.87. The van der Waals surface area contributed by atoms with Crippen molar-refractivity contribution in [3.63, 3.8) is 0 Å². The van der Waals surface area contributed by atoms with Gasteiger partial charge in [0.05, 0.1) is 19.3 Å². The molecule has 1 aliphatic rings. The van der Waals surface area contributed by atoms with E-state index in [1.165, 1.54) is 5.56 Å². The Morgan fingerprint density at radius 3 is 2.62 bits per heavy atom. The van der Waals surface area contributed by atoms with Crippen molar-refractivity contribution in [2.24, 2.45) is 0 Å². The number of carbonyl (C=O) groups is 1. The largest absolute Gasteiger partial charge is 0.372 e. The maximum atomic E-state index is 12.0. The highest BCUT2D eigenvalue weighted by atomic mass is 32.2. The van der Waals surface area contributed by atoms with Gasteiger partial charge in [-0.1, -0.05) is 54.6 Å². The van der Waals surface area contributed by atoms with Crippen LogP contribution in [-0.2, 0) is 29.3 Å². The van der Waals surface area contributed by atoms with E-state index in [0.717, 1.165) is 22.8 Å². The second-order valence-corrected chi connectivity index (χ2v) is 6.82. The standard InChI is InChI=1S/C19H22N2O2S/c22-19(18-13-24-14-21-18)20-10-16-7-4-8-17(9-16)12-23-11-15-5-2-1-3-6-15/h1-9,18,21H,10-14H2,(H,20,22)/t18-/m1/s1. The molecule has 5 heteroatoms. The summed E-state index contributed by atoms with van der Waals surface area (Å²) in [6.07, 6.45) is 0. The molecule has 1 fully saturated rings. The van der Waals surface area contributed by atoms with Crippen LogP contribution in [-0.4, -0.2) is 23.6 Å². The molecule has 1 saturated heterocycles. The maximum Gasteiger partial charge on any atom is 0.238 e. The third-order valence-corrected chi connectivity index (χ3v) is 4.81. The van der Waals surface area contributed by atoms with Crippen LogP contribution in [0.4, 0.5) is 0 Å². The van der Waals surface area contributed by atoms with E-state index in [4.69, 9.17) is 4.74 Å². The molecule has 1 amide bonds. The van der Waals surface area contributed by atoms with Crippen molar-refractivity contribution in [1.82, 2.24) is 10.6 Å². The maximum absolute atomic E-state index is 12.0. The average molecular weight is 342 g/mol. The minimum absolute atomic E-state index is 0.0626. The van der Waals surface area contributed by atoms with Gasteiger partial charge in [0.15, 0.2) is 0 Å². The molecule has 2 aromatic carbocycles. The molecule has 4 nitrogen and oxygen atoms in total. The van der Waals surface area contributed by atoms with Crippen molar-refractivity contribution >= 4 is 17.7 Å². The first-order chi connectivity index (χ1) is 11.8. The van der Waals surface area contributed by atoms with Crippen LogP contribution in [0.1, 0.15) is 16.7 Å². The van der Waals surface area contributed by atoms with Crippen LogP contribution in [0.2, 0.25) is 0 Å². The third kappa shape index (κ3) is 5.09. The van der Waals surface area contributed by atoms with E-state index in [9.17, 15) is 4.79 Å². The normalized spacial score (nSPS) is 16.9. The van der Waals surface area contributed by atoms with Gasteiger partial charge in [-0.2, -0.15) is 0 Å². The van der Waals surface area contributed by atoms with Crippen LogP contribution in [0.15, 0.2) is 54.6 Å². The first kappa shape index (κ1) is 17.0. The van der Waals surface area contributed by atoms with Gasteiger partial charge in [-0.25, -0.2) is 0 Å². The lowest BCUT2D eigenvalue weighted by atomic mass is 10.1. The van der Waals surface area contributed by atoms with Gasteiger partial charge in [0.25, 0.3) is 0 Å². The lowest BCUT2D eigenvalue weighted by Gasteiger charge is -2.11. The van der Waals surface area contributed by atoms with Gasteiger partial charge in [-0.3, -0.25) is 10.1 Å². The Morgan fingerprint density at radius 1 is 1.08 bits per heavy atom. The summed E-state index contributed by atoms with van der Waals surface area (Å²) in [6.45, 7) is 1.72. The van der Waals surface area contributed by atoms with Gasteiger partial charge in [0.1, 0.15) is 0 Å². The summed E-state index contributed by atoms with van der Waals surface area (Å²) in [7, 11) is 0. The van der Waals surface area contributed by atoms with E-state index >= 15 is 0 Å². The summed E-state index contributed by atoms with van der Waals surface area (Å²) in [5.74, 6) is 1.77. The van der Waals surface area contributed by atoms with E-state index in [2.05, 4.69) is 28.8 Å². The topological polar surface area (TPSA) is 50.4 Å². The summed E-state index contributed by atoms with van der Waals surface area (Å²) >= 11 is 1.75. The fraction of sp³-hybridized carbons (Fsp3) is 0.316. The minimum atomic E-state index is -0.0626. The highest BCUT2D eigenvalue weighted by Gasteiger charge is 2.21. The van der Waals surface area contributed by atoms with Crippen molar-refractivity contribution in [3.05, 3.63) is 71.3 Å². The molecule has 1 heterocycles. The van der Waals surface area contributed by atoms with Gasteiger partial charge in [0, 0.05) is 18.2 Å². The molecule has 126 valence electrons. The van der Waals surface area contributed by atoms with Crippen molar-refractivity contribution in [3.8, 4) is 0 Å². The zero-order valence-electron chi connectivity index (χ0n) is 13.5. The number of thioether (sulfide) groups is 1. The number of ether oxygens (including phenoxy) is 1. The molecule has 1 aliphatic heterocycles. The van der Waals surface area contributed by atoms with Crippen LogP contribution in [0.5, 0.6) is 0 Å². The molecule has 0 aliphatic carbocycles. The summed E-state index contributed by atoms with van der Waals surface area (Å²) < 4.78 is 5.77. The van der Waals surface area contributed by atoms with Crippen molar-refractivity contribution in [1.29, 1.82) is 0 Å². The predicted molar refractivity (Wildman–Crippen MR) is 97.5 cm³/mol. The zero-order valence-corrected chi connectivity index (χ0v) is 14.4. The minimum Gasteiger partial charge on any atom is -0.372 e. The van der Waals surface area contributed by atoms with Gasteiger partial charge in [-0.05, 0) is 16.7 Å². The quantitative estimate of drug-likeness (QED) is 0.812. The van der Waals surface area contributed by atoms with Crippen LogP contribution >= 0.6 is 11.8 Å². The molecule has 3 rings (SSSR count). The van der Waals surface area contributed by atoms with Gasteiger partial charge in [-0.15, -0.1) is 11.8 Å². The van der Waals surface area contributed by atoms with E-state index in [1.807, 2.05) is 36.4 Å². The molecule has 0 saturated carbocycles. The zero-order chi connectivity index (χ0) is 16.6. The number of hydrogen-bond acceptors (Lipinski definition) is 4. The number of nitrogens with one attached hydrogen (secondary N) is 2. The molecule has 2 aromatic rings. The summed E-state index contributed by atoms with van der Waals surface area (Å²) in [6, 6.07) is 18.2. The Morgan fingerprint density at radius 2 is 1.83 bits per heavy atom. The SMILES string of the molecule is O=C(NCc1cccc(COCc2ccccc2)c1)[C@H]1CSCN1. The summed E-state index contributed by atoms with van der Waals surface area (Å²) in [5, 5.41) is 6.17. The Balaban J connectivity index is 1.46. The Hall–Kier alpha value is -1.82. The first-order valence-electron chi connectivity index (χ1n) is 8.09. The fourth-order valence-corrected chi connectivity index (χ4v) is 3.51. The first-order valence-corrected chi connectivity index (χ1v) is 9.25. The molecular weight excluding hydrogens is 320 g/mol. The van der Waals surface area contributed by atoms with Gasteiger partial charge in [0.2, 0.25) is 5.91 Å². The molecule has 0 radical (unpaired) electrons. The van der Waals surface area contributed by atoms with Crippen LogP contribution in [0.3, 0.4) is 0 Å². The molecule has 24 heavy (non-hydrogen) atoms. The van der Waals surface area contributed by atoms with Crippen LogP contribution in [0, 0.1) is 0 Å². The number of carbonyl (C=O) groups excluding carboxylic acids is 1. The van der Waals surface area contributed by atoms with Gasteiger partial charge < -0.3 is 10.1 Å². The lowest BCUT2D eigenvalue weighted by molar-refractivity contribution is -0.122. The highest BCUT2D eigenvalue weighted by molar-refractivity contribution is 7.99. The molecule has 0 bridgehead atoms. The predicted octanol–water partition coefficient (Wildman–Crippen LogP) is 2.68. The molecule has 0 spiro atoms. The number of amides is 1. The van der Waals surface area contributed by atoms with Crippen molar-refractivity contribution < 1.29 is 9.53 Å². The highest BCUT2D eigenvalue weighted by Crippen LogP contribution is 2.11. The van der Waals surface area contributed by atoms with Crippen LogP contribution < -0.4 is 10.6 Å². The molecule has 2 N–H and O–H groups in total. The molecule has 0 unspecified atom stereocenters. The second-order valence-electron chi connectivity index (χ2n) is 5.79. The third-order valence-electron chi connectivity index (χ3n) is 3.87. The van der Waals surface area contributed by atoms with E-state index in [-0.39, 0.29) is 11.9 Å². The number of hydrogen-bond donors (Lipinski definition) is 2. The Bertz CT molecular complexity index is 657. The average Bonchev–Trinajstić information content (AvgIpc) is 3.16. The lowest BCUT2D eigenvalue weighted by Crippen LogP contribution is -2.41.